The summed E-state index contributed by atoms with van der Waals surface area (Å²) in [6.07, 6.45) is 2.78. The molecule has 1 heterocycles. The molecule has 1 saturated heterocycles. The predicted molar refractivity (Wildman–Crippen MR) is 27.1 cm³/mol. The Balaban J connectivity index is 0. The first-order valence-electron chi connectivity index (χ1n) is 2.21. The monoisotopic (exact) mass is 111 g/mol. The van der Waals surface area contributed by atoms with E-state index in [1.165, 1.54) is 25.9 Å². The summed E-state index contributed by atoms with van der Waals surface area (Å²) in [6, 6.07) is 0. The van der Waals surface area contributed by atoms with Crippen molar-refractivity contribution in [1.82, 2.24) is 5.32 Å². The fourth-order valence-electron chi connectivity index (χ4n) is 0.625. The molecule has 0 aliphatic carbocycles. The first kappa shape index (κ1) is 9.94. The number of nitrogens with one attached hydrogen (secondary N) is 1. The molecule has 1 fully saturated rings. The normalized spacial score (nSPS) is 17.1. The molecule has 46 valence electrons. The lowest BCUT2D eigenvalue weighted by molar-refractivity contribution is 0.857. The van der Waals surface area contributed by atoms with Crippen LogP contribution < -0.4 is 5.32 Å². The highest BCUT2D eigenvalue weighted by molar-refractivity contribution is 4.55. The van der Waals surface area contributed by atoms with Crippen LogP contribution in [0.3, 0.4) is 0 Å². The fourth-order valence-corrected chi connectivity index (χ4v) is 0.625. The van der Waals surface area contributed by atoms with Crippen LogP contribution in [0, 0.1) is 0 Å². The SMILES string of the molecule is C1CCNC1.F.F. The Morgan fingerprint density at radius 1 is 0.857 bits per heavy atom. The third-order valence-corrected chi connectivity index (χ3v) is 0.957. The standard InChI is InChI=1S/C4H9N.2FH/c1-2-4-5-3-1;;/h5H,1-4H2;2*1H. The summed E-state index contributed by atoms with van der Waals surface area (Å²) in [5, 5.41) is 3.22. The lowest BCUT2D eigenvalue weighted by Crippen LogP contribution is -2.03. The molecule has 1 rings (SSSR count). The average molecular weight is 111 g/mol. The zero-order valence-electron chi connectivity index (χ0n) is 4.14. The maximum absolute atomic E-state index is 3.22. The molecule has 0 aromatic carbocycles. The van der Waals surface area contributed by atoms with E-state index < -0.39 is 0 Å². The third-order valence-electron chi connectivity index (χ3n) is 0.957. The van der Waals surface area contributed by atoms with Gasteiger partial charge in [-0.1, -0.05) is 0 Å². The average Bonchev–Trinajstić information content (AvgIpc) is 1.76. The summed E-state index contributed by atoms with van der Waals surface area (Å²) >= 11 is 0. The van der Waals surface area contributed by atoms with Gasteiger partial charge in [0.1, 0.15) is 0 Å². The molecule has 0 aromatic heterocycles. The molecule has 1 nitrogen and oxygen atoms in total. The van der Waals surface area contributed by atoms with Crippen LogP contribution >= 0.6 is 0 Å². The first-order chi connectivity index (χ1) is 2.50. The van der Waals surface area contributed by atoms with Gasteiger partial charge in [0, 0.05) is 0 Å². The largest absolute Gasteiger partial charge is 0.317 e. The Morgan fingerprint density at radius 2 is 1.29 bits per heavy atom. The second kappa shape index (κ2) is 5.82. The Hall–Kier alpha value is -0.180. The van der Waals surface area contributed by atoms with Gasteiger partial charge in [0.15, 0.2) is 0 Å². The van der Waals surface area contributed by atoms with Gasteiger partial charge in [-0.2, -0.15) is 0 Å². The van der Waals surface area contributed by atoms with Crippen LogP contribution in [0.5, 0.6) is 0 Å². The van der Waals surface area contributed by atoms with E-state index >= 15 is 0 Å². The van der Waals surface area contributed by atoms with Crippen LogP contribution in [0.4, 0.5) is 9.41 Å². The van der Waals surface area contributed by atoms with Crippen molar-refractivity contribution >= 4 is 0 Å². The van der Waals surface area contributed by atoms with Gasteiger partial charge in [-0.05, 0) is 25.9 Å². The van der Waals surface area contributed by atoms with Gasteiger partial charge in [0.2, 0.25) is 0 Å². The first-order valence-corrected chi connectivity index (χ1v) is 2.21. The van der Waals surface area contributed by atoms with E-state index in [0.717, 1.165) is 0 Å². The van der Waals surface area contributed by atoms with Gasteiger partial charge in [-0.25, -0.2) is 0 Å². The van der Waals surface area contributed by atoms with E-state index in [0.29, 0.717) is 0 Å². The zero-order valence-corrected chi connectivity index (χ0v) is 4.14. The summed E-state index contributed by atoms with van der Waals surface area (Å²) in [5.74, 6) is 0. The van der Waals surface area contributed by atoms with Crippen LogP contribution in [0.1, 0.15) is 12.8 Å². The Kier molecular flexibility index (Phi) is 8.27. The van der Waals surface area contributed by atoms with Gasteiger partial charge in [-0.15, -0.1) is 0 Å². The molecule has 3 heteroatoms. The minimum absolute atomic E-state index is 0. The molecule has 0 aromatic rings. The van der Waals surface area contributed by atoms with E-state index in [-0.39, 0.29) is 9.41 Å². The highest BCUT2D eigenvalue weighted by Crippen LogP contribution is 1.90. The summed E-state index contributed by atoms with van der Waals surface area (Å²) in [6.45, 7) is 2.50. The molecule has 0 bridgehead atoms. The Bertz CT molecular complexity index is 21.3. The second-order valence-corrected chi connectivity index (χ2v) is 1.46. The lowest BCUT2D eigenvalue weighted by atomic mass is 10.4. The minimum Gasteiger partial charge on any atom is -0.317 e. The molecule has 0 unspecified atom stereocenters. The van der Waals surface area contributed by atoms with Gasteiger partial charge < -0.3 is 5.32 Å². The molecular weight excluding hydrogens is 100 g/mol. The predicted octanol–water partition coefficient (Wildman–Crippen LogP) is 0.675. The van der Waals surface area contributed by atoms with Crippen LogP contribution in [-0.2, 0) is 0 Å². The zero-order chi connectivity index (χ0) is 3.54. The third kappa shape index (κ3) is 3.66. The van der Waals surface area contributed by atoms with Crippen LogP contribution in [0.2, 0.25) is 0 Å². The molecule has 7 heavy (non-hydrogen) atoms. The lowest BCUT2D eigenvalue weighted by Gasteiger charge is -1.76. The smallest absolute Gasteiger partial charge is 0.00484 e. The van der Waals surface area contributed by atoms with Crippen molar-refractivity contribution in [2.75, 3.05) is 13.1 Å². The highest BCUT2D eigenvalue weighted by atomic mass is 19.0. The highest BCUT2D eigenvalue weighted by Gasteiger charge is 1.93. The molecular formula is C4H11F2N. The minimum atomic E-state index is 0. The number of hydrogen-bond acceptors (Lipinski definition) is 1. The van der Waals surface area contributed by atoms with E-state index in [1.807, 2.05) is 0 Å². The van der Waals surface area contributed by atoms with Crippen LogP contribution in [0.15, 0.2) is 0 Å². The summed E-state index contributed by atoms with van der Waals surface area (Å²) in [4.78, 5) is 0. The summed E-state index contributed by atoms with van der Waals surface area (Å²) in [7, 11) is 0. The molecule has 0 amide bonds. The van der Waals surface area contributed by atoms with Crippen molar-refractivity contribution in [3.05, 3.63) is 0 Å². The van der Waals surface area contributed by atoms with Crippen molar-refractivity contribution in [1.29, 1.82) is 0 Å². The van der Waals surface area contributed by atoms with Crippen LogP contribution in [-0.4, -0.2) is 13.1 Å². The number of halogens is 2. The molecule has 1 aliphatic heterocycles. The maximum Gasteiger partial charge on any atom is -0.00484 e. The Labute approximate surface area is 41.8 Å². The van der Waals surface area contributed by atoms with Crippen molar-refractivity contribution < 1.29 is 9.41 Å². The van der Waals surface area contributed by atoms with Crippen LogP contribution in [0.25, 0.3) is 0 Å². The van der Waals surface area contributed by atoms with Crippen molar-refractivity contribution in [3.63, 3.8) is 0 Å². The van der Waals surface area contributed by atoms with Gasteiger partial charge in [0.25, 0.3) is 0 Å². The Morgan fingerprint density at radius 3 is 1.43 bits per heavy atom. The second-order valence-electron chi connectivity index (χ2n) is 1.46. The van der Waals surface area contributed by atoms with E-state index in [9.17, 15) is 0 Å². The molecule has 0 atom stereocenters. The molecule has 1 aliphatic rings. The molecule has 1 N–H and O–H groups in total. The van der Waals surface area contributed by atoms with Gasteiger partial charge >= 0.3 is 0 Å². The number of rotatable bonds is 0. The van der Waals surface area contributed by atoms with Crippen molar-refractivity contribution in [2.24, 2.45) is 0 Å². The van der Waals surface area contributed by atoms with Crippen molar-refractivity contribution in [2.45, 2.75) is 12.8 Å². The van der Waals surface area contributed by atoms with Gasteiger partial charge in [-0.3, -0.25) is 9.41 Å². The molecule has 0 saturated carbocycles. The molecule has 0 spiro atoms. The van der Waals surface area contributed by atoms with Crippen molar-refractivity contribution in [3.8, 4) is 0 Å². The summed E-state index contributed by atoms with van der Waals surface area (Å²) < 4.78 is 0. The maximum atomic E-state index is 3.22. The fraction of sp³-hybridized carbons (Fsp3) is 1.00. The molecule has 0 radical (unpaired) electrons. The van der Waals surface area contributed by atoms with Gasteiger partial charge in [0.05, 0.1) is 0 Å². The van der Waals surface area contributed by atoms with E-state index in [1.54, 1.807) is 0 Å². The quantitative estimate of drug-likeness (QED) is 0.484. The topological polar surface area (TPSA) is 12.0 Å². The van der Waals surface area contributed by atoms with E-state index in [4.69, 9.17) is 0 Å². The number of hydrogen-bond donors (Lipinski definition) is 1. The summed E-state index contributed by atoms with van der Waals surface area (Å²) in [5.41, 5.74) is 0. The van der Waals surface area contributed by atoms with E-state index in [2.05, 4.69) is 5.32 Å².